The largest absolute Gasteiger partial charge is 0.381 e. The third kappa shape index (κ3) is 2.93. The zero-order chi connectivity index (χ0) is 11.4. The molecule has 0 aliphatic heterocycles. The smallest absolute Gasteiger partial charge is 0.244 e. The van der Waals surface area contributed by atoms with Crippen LogP contribution in [0.25, 0.3) is 0 Å². The predicted molar refractivity (Wildman–Crippen MR) is 57.0 cm³/mol. The maximum Gasteiger partial charge on any atom is 0.244 e. The zero-order valence-electron chi connectivity index (χ0n) is 9.27. The molecule has 1 aromatic heterocycles. The van der Waals surface area contributed by atoms with Crippen molar-refractivity contribution < 1.29 is 4.79 Å². The highest BCUT2D eigenvalue weighted by Crippen LogP contribution is 2.06. The van der Waals surface area contributed by atoms with Crippen LogP contribution in [0, 0.1) is 0 Å². The Morgan fingerprint density at radius 1 is 1.67 bits per heavy atom. The van der Waals surface area contributed by atoms with Crippen LogP contribution in [0.2, 0.25) is 0 Å². The Morgan fingerprint density at radius 2 is 2.33 bits per heavy atom. The summed E-state index contributed by atoms with van der Waals surface area (Å²) < 4.78 is 1.45. The van der Waals surface area contributed by atoms with Crippen LogP contribution in [0.5, 0.6) is 0 Å². The molecule has 0 aromatic carbocycles. The number of nitrogen functional groups attached to an aromatic ring is 1. The third-order valence-electron chi connectivity index (χ3n) is 2.31. The van der Waals surface area contributed by atoms with Crippen LogP contribution in [-0.2, 0) is 4.79 Å². The van der Waals surface area contributed by atoms with E-state index in [1.165, 1.54) is 4.68 Å². The van der Waals surface area contributed by atoms with Crippen LogP contribution in [0.3, 0.4) is 0 Å². The lowest BCUT2D eigenvalue weighted by atomic mass is 10.2. The Bertz CT molecular complexity index is 335. The first kappa shape index (κ1) is 11.5. The molecule has 84 valence electrons. The summed E-state index contributed by atoms with van der Waals surface area (Å²) >= 11 is 0. The van der Waals surface area contributed by atoms with E-state index in [0.29, 0.717) is 5.82 Å². The molecule has 0 saturated carbocycles. The third-order valence-corrected chi connectivity index (χ3v) is 2.31. The molecule has 0 spiro atoms. The number of nitrogens with two attached hydrogens (primary N) is 1. The summed E-state index contributed by atoms with van der Waals surface area (Å²) in [6.07, 6.45) is 2.44. The Kier molecular flexibility index (Phi) is 3.65. The topological polar surface area (TPSA) is 85.8 Å². The van der Waals surface area contributed by atoms with Crippen molar-refractivity contribution in [2.75, 3.05) is 5.73 Å². The molecule has 0 radical (unpaired) electrons. The molecule has 2 atom stereocenters. The second-order valence-corrected chi connectivity index (χ2v) is 3.62. The molecule has 6 heteroatoms. The normalized spacial score (nSPS) is 14.6. The molecule has 1 heterocycles. The van der Waals surface area contributed by atoms with Gasteiger partial charge in [-0.2, -0.15) is 0 Å². The van der Waals surface area contributed by atoms with E-state index < -0.39 is 0 Å². The van der Waals surface area contributed by atoms with Gasteiger partial charge in [-0.15, -0.1) is 5.10 Å². The summed E-state index contributed by atoms with van der Waals surface area (Å²) in [5.74, 6) is 0.243. The molecule has 0 aliphatic carbocycles. The number of aromatic nitrogens is 3. The SMILES string of the molecule is CCC(C)NC(=O)C(C)n1cc(N)nn1. The number of amides is 1. The van der Waals surface area contributed by atoms with E-state index >= 15 is 0 Å². The van der Waals surface area contributed by atoms with Gasteiger partial charge in [0.2, 0.25) is 5.91 Å². The molecular formula is C9H17N5O. The molecule has 15 heavy (non-hydrogen) atoms. The minimum atomic E-state index is -0.385. The summed E-state index contributed by atoms with van der Waals surface area (Å²) in [5.41, 5.74) is 5.42. The van der Waals surface area contributed by atoms with E-state index in [4.69, 9.17) is 5.73 Å². The maximum atomic E-state index is 11.7. The molecule has 0 saturated heterocycles. The van der Waals surface area contributed by atoms with Crippen molar-refractivity contribution >= 4 is 11.7 Å². The van der Waals surface area contributed by atoms with E-state index in [1.807, 2.05) is 13.8 Å². The summed E-state index contributed by atoms with van der Waals surface area (Å²) in [6, 6.07) is -0.218. The van der Waals surface area contributed by atoms with Crippen molar-refractivity contribution in [3.8, 4) is 0 Å². The van der Waals surface area contributed by atoms with Crippen molar-refractivity contribution in [3.63, 3.8) is 0 Å². The minimum Gasteiger partial charge on any atom is -0.381 e. The number of nitrogens with zero attached hydrogens (tertiary/aromatic N) is 3. The Labute approximate surface area is 88.8 Å². The second-order valence-electron chi connectivity index (χ2n) is 3.62. The van der Waals surface area contributed by atoms with Gasteiger partial charge in [0, 0.05) is 6.04 Å². The van der Waals surface area contributed by atoms with Gasteiger partial charge in [0.1, 0.15) is 6.04 Å². The molecular weight excluding hydrogens is 194 g/mol. The van der Waals surface area contributed by atoms with E-state index in [-0.39, 0.29) is 18.0 Å². The van der Waals surface area contributed by atoms with Crippen LogP contribution in [-0.4, -0.2) is 26.9 Å². The molecule has 0 fully saturated rings. The second kappa shape index (κ2) is 4.77. The van der Waals surface area contributed by atoms with Gasteiger partial charge < -0.3 is 11.1 Å². The predicted octanol–water partition coefficient (Wildman–Crippen LogP) is 0.336. The van der Waals surface area contributed by atoms with E-state index in [2.05, 4.69) is 15.6 Å². The quantitative estimate of drug-likeness (QED) is 0.751. The summed E-state index contributed by atoms with van der Waals surface area (Å²) in [4.78, 5) is 11.7. The van der Waals surface area contributed by atoms with E-state index in [1.54, 1.807) is 13.1 Å². The number of carbonyl (C=O) groups excluding carboxylic acids is 1. The Balaban J connectivity index is 2.60. The highest BCUT2D eigenvalue weighted by atomic mass is 16.2. The molecule has 3 N–H and O–H groups in total. The number of hydrogen-bond acceptors (Lipinski definition) is 4. The van der Waals surface area contributed by atoms with Gasteiger partial charge in [-0.1, -0.05) is 12.1 Å². The average Bonchev–Trinajstić information content (AvgIpc) is 2.63. The summed E-state index contributed by atoms with van der Waals surface area (Å²) in [5, 5.41) is 10.2. The van der Waals surface area contributed by atoms with E-state index in [9.17, 15) is 4.79 Å². The average molecular weight is 211 g/mol. The van der Waals surface area contributed by atoms with Crippen LogP contribution >= 0.6 is 0 Å². The van der Waals surface area contributed by atoms with E-state index in [0.717, 1.165) is 6.42 Å². The fraction of sp³-hybridized carbons (Fsp3) is 0.667. The standard InChI is InChI=1S/C9H17N5O/c1-4-6(2)11-9(15)7(3)14-5-8(10)12-13-14/h5-7H,4,10H2,1-3H3,(H,11,15). The molecule has 1 rings (SSSR count). The number of hydrogen-bond donors (Lipinski definition) is 2. The van der Waals surface area contributed by atoms with Gasteiger partial charge in [-0.05, 0) is 20.3 Å². The first-order chi connectivity index (χ1) is 7.04. The van der Waals surface area contributed by atoms with Crippen molar-refractivity contribution in [3.05, 3.63) is 6.20 Å². The first-order valence-corrected chi connectivity index (χ1v) is 5.02. The van der Waals surface area contributed by atoms with Crippen LogP contribution in [0.4, 0.5) is 5.82 Å². The van der Waals surface area contributed by atoms with Crippen molar-refractivity contribution in [2.24, 2.45) is 0 Å². The first-order valence-electron chi connectivity index (χ1n) is 5.02. The molecule has 2 unspecified atom stereocenters. The summed E-state index contributed by atoms with van der Waals surface area (Å²) in [6.45, 7) is 5.73. The summed E-state index contributed by atoms with van der Waals surface area (Å²) in [7, 11) is 0. The lowest BCUT2D eigenvalue weighted by Crippen LogP contribution is -2.37. The molecule has 1 amide bonds. The lowest BCUT2D eigenvalue weighted by Gasteiger charge is -2.15. The Morgan fingerprint density at radius 3 is 2.80 bits per heavy atom. The molecule has 1 aromatic rings. The van der Waals surface area contributed by atoms with Gasteiger partial charge in [0.05, 0.1) is 6.20 Å². The highest BCUT2D eigenvalue weighted by Gasteiger charge is 2.17. The monoisotopic (exact) mass is 211 g/mol. The van der Waals surface area contributed by atoms with Gasteiger partial charge in [-0.25, -0.2) is 4.68 Å². The van der Waals surface area contributed by atoms with Crippen LogP contribution in [0.1, 0.15) is 33.2 Å². The van der Waals surface area contributed by atoms with Crippen molar-refractivity contribution in [1.29, 1.82) is 0 Å². The van der Waals surface area contributed by atoms with Gasteiger partial charge in [0.25, 0.3) is 0 Å². The lowest BCUT2D eigenvalue weighted by molar-refractivity contribution is -0.124. The highest BCUT2D eigenvalue weighted by molar-refractivity contribution is 5.80. The van der Waals surface area contributed by atoms with Gasteiger partial charge >= 0.3 is 0 Å². The van der Waals surface area contributed by atoms with Crippen molar-refractivity contribution in [1.82, 2.24) is 20.3 Å². The minimum absolute atomic E-state index is 0.0748. The number of rotatable bonds is 4. The van der Waals surface area contributed by atoms with Crippen molar-refractivity contribution in [2.45, 2.75) is 39.3 Å². The van der Waals surface area contributed by atoms with Gasteiger partial charge in [0.15, 0.2) is 5.82 Å². The zero-order valence-corrected chi connectivity index (χ0v) is 9.27. The van der Waals surface area contributed by atoms with Gasteiger partial charge in [-0.3, -0.25) is 4.79 Å². The number of nitrogens with one attached hydrogen (secondary N) is 1. The van der Waals surface area contributed by atoms with Crippen LogP contribution in [0.15, 0.2) is 6.20 Å². The molecule has 0 bridgehead atoms. The fourth-order valence-corrected chi connectivity index (χ4v) is 1.07. The molecule has 0 aliphatic rings. The molecule has 6 nitrogen and oxygen atoms in total. The Hall–Kier alpha value is -1.59. The number of anilines is 1. The fourth-order valence-electron chi connectivity index (χ4n) is 1.07. The van der Waals surface area contributed by atoms with Crippen LogP contribution < -0.4 is 11.1 Å². The number of carbonyl (C=O) groups is 1. The maximum absolute atomic E-state index is 11.7.